The minimum absolute atomic E-state index is 0.588. The summed E-state index contributed by atoms with van der Waals surface area (Å²) in [5.41, 5.74) is 12.4. The molecule has 2 aromatic rings. The van der Waals surface area contributed by atoms with E-state index < -0.39 is 0 Å². The Labute approximate surface area is 114 Å². The number of aryl methyl sites for hydroxylation is 3. The summed E-state index contributed by atoms with van der Waals surface area (Å²) in [5, 5.41) is 7.39. The highest BCUT2D eigenvalue weighted by molar-refractivity contribution is 5.75. The Hall–Kier alpha value is -1.81. The summed E-state index contributed by atoms with van der Waals surface area (Å²) < 4.78 is 5.52. The number of nitrogens with one attached hydrogen (secondary N) is 1. The third-order valence-corrected chi connectivity index (χ3v) is 3.49. The number of benzene rings is 1. The van der Waals surface area contributed by atoms with Gasteiger partial charge < -0.3 is 10.5 Å². The number of aromatic amines is 1. The second-order valence-corrected chi connectivity index (χ2v) is 4.85. The van der Waals surface area contributed by atoms with Gasteiger partial charge in [0.15, 0.2) is 0 Å². The first-order chi connectivity index (χ1) is 9.08. The molecule has 0 spiro atoms. The predicted octanol–water partition coefficient (Wildman–Crippen LogP) is 2.51. The number of rotatable bonds is 4. The van der Waals surface area contributed by atoms with E-state index >= 15 is 0 Å². The number of aromatic nitrogens is 2. The van der Waals surface area contributed by atoms with Gasteiger partial charge in [-0.05, 0) is 50.6 Å². The van der Waals surface area contributed by atoms with Gasteiger partial charge >= 0.3 is 0 Å². The van der Waals surface area contributed by atoms with Gasteiger partial charge in [0, 0.05) is 23.2 Å². The van der Waals surface area contributed by atoms with E-state index in [4.69, 9.17) is 10.5 Å². The van der Waals surface area contributed by atoms with Gasteiger partial charge in [0.05, 0.1) is 12.8 Å². The maximum absolute atomic E-state index is 5.66. The van der Waals surface area contributed by atoms with E-state index in [1.807, 2.05) is 6.92 Å². The number of H-pyrrole nitrogens is 1. The molecule has 0 radical (unpaired) electrons. The van der Waals surface area contributed by atoms with Gasteiger partial charge in [-0.2, -0.15) is 5.10 Å². The van der Waals surface area contributed by atoms with Crippen LogP contribution in [-0.2, 0) is 6.42 Å². The zero-order valence-corrected chi connectivity index (χ0v) is 12.0. The Balaban J connectivity index is 2.64. The van der Waals surface area contributed by atoms with E-state index in [-0.39, 0.29) is 0 Å². The minimum atomic E-state index is 0.588. The fraction of sp³-hybridized carbons (Fsp3) is 0.400. The number of nitrogens with two attached hydrogens (primary N) is 1. The van der Waals surface area contributed by atoms with Crippen LogP contribution in [0.3, 0.4) is 0 Å². The van der Waals surface area contributed by atoms with Crippen LogP contribution in [0.2, 0.25) is 0 Å². The van der Waals surface area contributed by atoms with Crippen molar-refractivity contribution in [2.75, 3.05) is 13.7 Å². The Kier molecular flexibility index (Phi) is 3.90. The van der Waals surface area contributed by atoms with Crippen molar-refractivity contribution in [2.24, 2.45) is 5.73 Å². The minimum Gasteiger partial charge on any atom is -0.496 e. The highest BCUT2D eigenvalue weighted by Crippen LogP contribution is 2.35. The van der Waals surface area contributed by atoms with Crippen molar-refractivity contribution in [1.29, 1.82) is 0 Å². The SMILES string of the molecule is COc1cc(C)c(C)cc1-c1c(CCN)n[nH]c1C. The smallest absolute Gasteiger partial charge is 0.127 e. The first-order valence-corrected chi connectivity index (χ1v) is 6.48. The van der Waals surface area contributed by atoms with Crippen LogP contribution in [0.25, 0.3) is 11.1 Å². The molecule has 4 nitrogen and oxygen atoms in total. The van der Waals surface area contributed by atoms with Gasteiger partial charge in [-0.1, -0.05) is 0 Å². The summed E-state index contributed by atoms with van der Waals surface area (Å²) in [7, 11) is 1.70. The van der Waals surface area contributed by atoms with E-state index in [1.165, 1.54) is 11.1 Å². The van der Waals surface area contributed by atoms with Crippen LogP contribution < -0.4 is 10.5 Å². The number of methoxy groups -OCH3 is 1. The normalized spacial score (nSPS) is 10.8. The Morgan fingerprint density at radius 3 is 2.53 bits per heavy atom. The molecule has 0 unspecified atom stereocenters. The van der Waals surface area contributed by atoms with Crippen LogP contribution in [0.5, 0.6) is 5.75 Å². The maximum atomic E-state index is 5.66. The van der Waals surface area contributed by atoms with Crippen molar-refractivity contribution in [1.82, 2.24) is 10.2 Å². The van der Waals surface area contributed by atoms with Crippen molar-refractivity contribution in [3.8, 4) is 16.9 Å². The van der Waals surface area contributed by atoms with Crippen LogP contribution in [0.15, 0.2) is 12.1 Å². The van der Waals surface area contributed by atoms with Gasteiger partial charge in [0.25, 0.3) is 0 Å². The monoisotopic (exact) mass is 259 g/mol. The molecular formula is C15H21N3O. The highest BCUT2D eigenvalue weighted by atomic mass is 16.5. The Bertz CT molecular complexity index is 587. The third-order valence-electron chi connectivity index (χ3n) is 3.49. The molecule has 0 amide bonds. The summed E-state index contributed by atoms with van der Waals surface area (Å²) in [5.74, 6) is 0.880. The lowest BCUT2D eigenvalue weighted by molar-refractivity contribution is 0.416. The van der Waals surface area contributed by atoms with Gasteiger partial charge in [0.2, 0.25) is 0 Å². The lowest BCUT2D eigenvalue weighted by atomic mass is 9.97. The summed E-state index contributed by atoms with van der Waals surface area (Å²) in [6.45, 7) is 6.81. The summed E-state index contributed by atoms with van der Waals surface area (Å²) >= 11 is 0. The maximum Gasteiger partial charge on any atom is 0.127 e. The van der Waals surface area contributed by atoms with Crippen LogP contribution >= 0.6 is 0 Å². The number of hydrogen-bond donors (Lipinski definition) is 2. The molecule has 102 valence electrons. The molecule has 4 heteroatoms. The zero-order valence-electron chi connectivity index (χ0n) is 12.0. The van der Waals surface area contributed by atoms with Crippen molar-refractivity contribution >= 4 is 0 Å². The molecule has 0 saturated heterocycles. The third kappa shape index (κ3) is 2.49. The van der Waals surface area contributed by atoms with Crippen LogP contribution in [0.1, 0.15) is 22.5 Å². The van der Waals surface area contributed by atoms with Crippen LogP contribution in [-0.4, -0.2) is 23.9 Å². The average molecular weight is 259 g/mol. The van der Waals surface area contributed by atoms with E-state index in [2.05, 4.69) is 36.2 Å². The van der Waals surface area contributed by atoms with Gasteiger partial charge in [-0.3, -0.25) is 5.10 Å². The molecule has 0 bridgehead atoms. The average Bonchev–Trinajstić information content (AvgIpc) is 2.74. The molecule has 1 heterocycles. The molecule has 0 aliphatic heterocycles. The topological polar surface area (TPSA) is 63.9 Å². The molecule has 19 heavy (non-hydrogen) atoms. The van der Waals surface area contributed by atoms with Crippen molar-refractivity contribution in [3.63, 3.8) is 0 Å². The summed E-state index contributed by atoms with van der Waals surface area (Å²) in [4.78, 5) is 0. The fourth-order valence-electron chi connectivity index (χ4n) is 2.31. The molecule has 0 atom stereocenters. The highest BCUT2D eigenvalue weighted by Gasteiger charge is 2.16. The lowest BCUT2D eigenvalue weighted by Gasteiger charge is -2.13. The van der Waals surface area contributed by atoms with E-state index in [0.29, 0.717) is 6.54 Å². The summed E-state index contributed by atoms with van der Waals surface area (Å²) in [6.07, 6.45) is 0.760. The largest absolute Gasteiger partial charge is 0.496 e. The quantitative estimate of drug-likeness (QED) is 0.886. The van der Waals surface area contributed by atoms with Gasteiger partial charge in [0.1, 0.15) is 5.75 Å². The van der Waals surface area contributed by atoms with Crippen molar-refractivity contribution in [2.45, 2.75) is 27.2 Å². The second kappa shape index (κ2) is 5.45. The van der Waals surface area contributed by atoms with Crippen LogP contribution in [0.4, 0.5) is 0 Å². The van der Waals surface area contributed by atoms with Crippen LogP contribution in [0, 0.1) is 20.8 Å². The number of ether oxygens (including phenoxy) is 1. The summed E-state index contributed by atoms with van der Waals surface area (Å²) in [6, 6.07) is 4.23. The Morgan fingerprint density at radius 2 is 1.89 bits per heavy atom. The zero-order chi connectivity index (χ0) is 14.0. The lowest BCUT2D eigenvalue weighted by Crippen LogP contribution is -2.04. The van der Waals surface area contributed by atoms with Gasteiger partial charge in [-0.15, -0.1) is 0 Å². The predicted molar refractivity (Wildman–Crippen MR) is 77.5 cm³/mol. The molecule has 1 aromatic heterocycles. The molecule has 3 N–H and O–H groups in total. The van der Waals surface area contributed by atoms with E-state index in [9.17, 15) is 0 Å². The second-order valence-electron chi connectivity index (χ2n) is 4.85. The molecule has 0 saturated carbocycles. The van der Waals surface area contributed by atoms with Crippen molar-refractivity contribution < 1.29 is 4.74 Å². The molecule has 0 fully saturated rings. The standard InChI is InChI=1S/C15H21N3O/c1-9-7-12(14(19-4)8-10(9)2)15-11(3)17-18-13(15)5-6-16/h7-8H,5-6,16H2,1-4H3,(H,17,18). The fourth-order valence-corrected chi connectivity index (χ4v) is 2.31. The molecule has 2 rings (SSSR count). The first kappa shape index (κ1) is 13.6. The molecule has 0 aliphatic carbocycles. The van der Waals surface area contributed by atoms with Crippen molar-refractivity contribution in [3.05, 3.63) is 34.6 Å². The van der Waals surface area contributed by atoms with E-state index in [0.717, 1.165) is 34.7 Å². The number of hydrogen-bond acceptors (Lipinski definition) is 3. The first-order valence-electron chi connectivity index (χ1n) is 6.48. The molecule has 0 aliphatic rings. The molecular weight excluding hydrogens is 238 g/mol. The molecule has 1 aromatic carbocycles. The number of nitrogens with zero attached hydrogens (tertiary/aromatic N) is 1. The Morgan fingerprint density at radius 1 is 1.21 bits per heavy atom. The van der Waals surface area contributed by atoms with E-state index in [1.54, 1.807) is 7.11 Å². The van der Waals surface area contributed by atoms with Gasteiger partial charge in [-0.25, -0.2) is 0 Å².